The lowest BCUT2D eigenvalue weighted by atomic mass is 10.1. The molecule has 0 saturated carbocycles. The Labute approximate surface area is 192 Å². The van der Waals surface area contributed by atoms with Crippen molar-refractivity contribution in [3.63, 3.8) is 0 Å². The first-order valence-electron chi connectivity index (χ1n) is 10.5. The van der Waals surface area contributed by atoms with Crippen molar-refractivity contribution in [3.05, 3.63) is 65.5 Å². The summed E-state index contributed by atoms with van der Waals surface area (Å²) in [6, 6.07) is 10.5. The van der Waals surface area contributed by atoms with Gasteiger partial charge in [0.25, 0.3) is 15.9 Å². The fourth-order valence-electron chi connectivity index (χ4n) is 3.45. The fourth-order valence-corrected chi connectivity index (χ4v) is 4.96. The highest BCUT2D eigenvalue weighted by Crippen LogP contribution is 2.30. The maximum absolute atomic E-state index is 14.3. The van der Waals surface area contributed by atoms with Crippen LogP contribution >= 0.6 is 0 Å². The van der Waals surface area contributed by atoms with Gasteiger partial charge in [-0.15, -0.1) is 0 Å². The Morgan fingerprint density at radius 3 is 2.33 bits per heavy atom. The van der Waals surface area contributed by atoms with Crippen molar-refractivity contribution in [1.82, 2.24) is 14.5 Å². The van der Waals surface area contributed by atoms with Crippen LogP contribution in [-0.4, -0.2) is 54.5 Å². The maximum atomic E-state index is 14.3. The van der Waals surface area contributed by atoms with E-state index >= 15 is 0 Å². The number of benzene rings is 2. The molecule has 8 nitrogen and oxygen atoms in total. The number of rotatable bonds is 8. The van der Waals surface area contributed by atoms with Crippen LogP contribution in [0.15, 0.2) is 53.4 Å². The zero-order chi connectivity index (χ0) is 24.3. The quantitative estimate of drug-likeness (QED) is 0.630. The molecule has 176 valence electrons. The summed E-state index contributed by atoms with van der Waals surface area (Å²) in [5.74, 6) is -2.48. The molecule has 1 aliphatic rings. The summed E-state index contributed by atoms with van der Waals surface area (Å²) in [6.45, 7) is 4.61. The predicted molar refractivity (Wildman–Crippen MR) is 119 cm³/mol. The molecule has 1 atom stereocenters. The number of hydrogen-bond acceptors (Lipinski definition) is 5. The van der Waals surface area contributed by atoms with Gasteiger partial charge in [-0.2, -0.15) is 0 Å². The third-order valence-electron chi connectivity index (χ3n) is 5.34. The van der Waals surface area contributed by atoms with Crippen LogP contribution in [0.25, 0.3) is 0 Å². The summed E-state index contributed by atoms with van der Waals surface area (Å²) < 4.78 is 40.5. The standard InChI is InChI=1S/C23H26FN3O5S/c1-15(2)12-25-22(29)16(3)26(13-17-8-4-6-10-19(17)24)21(28)14-27-23(30)18-9-5-7-11-20(18)33(27,31)32/h4-11,15-16H,12-14H2,1-3H3,(H,25,29)/t16-/m1/s1. The van der Waals surface area contributed by atoms with Crippen LogP contribution in [0.4, 0.5) is 4.39 Å². The number of nitrogens with one attached hydrogen (secondary N) is 1. The van der Waals surface area contributed by atoms with E-state index in [-0.39, 0.29) is 28.5 Å². The Hall–Kier alpha value is -3.27. The van der Waals surface area contributed by atoms with Gasteiger partial charge in [0.1, 0.15) is 23.3 Å². The Kier molecular flexibility index (Phi) is 7.16. The SMILES string of the molecule is CC(C)CNC(=O)[C@@H](C)N(Cc1ccccc1F)C(=O)CN1C(=O)c2ccccc2S1(=O)=O. The molecule has 0 spiro atoms. The molecule has 1 aliphatic heterocycles. The van der Waals surface area contributed by atoms with Crippen molar-refractivity contribution in [2.24, 2.45) is 5.92 Å². The lowest BCUT2D eigenvalue weighted by Crippen LogP contribution is -2.51. The molecule has 0 unspecified atom stereocenters. The first kappa shape index (κ1) is 24.4. The van der Waals surface area contributed by atoms with E-state index in [1.54, 1.807) is 6.07 Å². The maximum Gasteiger partial charge on any atom is 0.269 e. The molecule has 3 amide bonds. The van der Waals surface area contributed by atoms with Crippen LogP contribution in [0.3, 0.4) is 0 Å². The summed E-state index contributed by atoms with van der Waals surface area (Å²) in [5.41, 5.74) is 0.141. The van der Waals surface area contributed by atoms with Crippen LogP contribution in [-0.2, 0) is 26.2 Å². The minimum Gasteiger partial charge on any atom is -0.354 e. The highest BCUT2D eigenvalue weighted by molar-refractivity contribution is 7.90. The van der Waals surface area contributed by atoms with Gasteiger partial charge < -0.3 is 10.2 Å². The largest absolute Gasteiger partial charge is 0.354 e. The molecule has 1 heterocycles. The zero-order valence-electron chi connectivity index (χ0n) is 18.6. The lowest BCUT2D eigenvalue weighted by Gasteiger charge is -2.30. The van der Waals surface area contributed by atoms with E-state index in [0.717, 1.165) is 4.90 Å². The fraction of sp³-hybridized carbons (Fsp3) is 0.348. The highest BCUT2D eigenvalue weighted by atomic mass is 32.2. The average Bonchev–Trinajstić information content (AvgIpc) is 2.97. The van der Waals surface area contributed by atoms with Crippen LogP contribution in [0.5, 0.6) is 0 Å². The normalized spacial score (nSPS) is 15.3. The van der Waals surface area contributed by atoms with Crippen molar-refractivity contribution < 1.29 is 27.2 Å². The number of carbonyl (C=O) groups excluding carboxylic acids is 3. The van der Waals surface area contributed by atoms with Crippen molar-refractivity contribution >= 4 is 27.7 Å². The molecule has 10 heteroatoms. The van der Waals surface area contributed by atoms with Gasteiger partial charge in [0.05, 0.1) is 5.56 Å². The minimum absolute atomic E-state index is 0.0197. The van der Waals surface area contributed by atoms with Gasteiger partial charge in [0.2, 0.25) is 11.8 Å². The van der Waals surface area contributed by atoms with E-state index < -0.39 is 46.1 Å². The lowest BCUT2D eigenvalue weighted by molar-refractivity contribution is -0.140. The summed E-state index contributed by atoms with van der Waals surface area (Å²) in [4.78, 5) is 39.5. The third kappa shape index (κ3) is 5.05. The zero-order valence-corrected chi connectivity index (χ0v) is 19.4. The second kappa shape index (κ2) is 9.70. The monoisotopic (exact) mass is 475 g/mol. The van der Waals surface area contributed by atoms with E-state index in [0.29, 0.717) is 10.8 Å². The number of carbonyl (C=O) groups is 3. The molecule has 33 heavy (non-hydrogen) atoms. The number of amides is 3. The van der Waals surface area contributed by atoms with Gasteiger partial charge in [-0.25, -0.2) is 17.1 Å². The van der Waals surface area contributed by atoms with Gasteiger partial charge >= 0.3 is 0 Å². The second-order valence-electron chi connectivity index (χ2n) is 8.24. The van der Waals surface area contributed by atoms with E-state index in [9.17, 15) is 27.2 Å². The molecule has 1 N–H and O–H groups in total. The van der Waals surface area contributed by atoms with Gasteiger partial charge in [-0.1, -0.05) is 44.2 Å². The summed E-state index contributed by atoms with van der Waals surface area (Å²) in [7, 11) is -4.21. The second-order valence-corrected chi connectivity index (χ2v) is 10.1. The van der Waals surface area contributed by atoms with Crippen LogP contribution < -0.4 is 5.32 Å². The molecular weight excluding hydrogens is 449 g/mol. The highest BCUT2D eigenvalue weighted by Gasteiger charge is 2.43. The number of sulfonamides is 1. The van der Waals surface area contributed by atoms with Crippen LogP contribution in [0.2, 0.25) is 0 Å². The summed E-state index contributed by atoms with van der Waals surface area (Å²) in [6.07, 6.45) is 0. The van der Waals surface area contributed by atoms with Crippen LogP contribution in [0.1, 0.15) is 36.7 Å². The molecule has 0 saturated heterocycles. The smallest absolute Gasteiger partial charge is 0.269 e. The van der Waals surface area contributed by atoms with Gasteiger partial charge in [-0.3, -0.25) is 14.4 Å². The van der Waals surface area contributed by atoms with Crippen LogP contribution in [0, 0.1) is 11.7 Å². The number of halogens is 1. The van der Waals surface area contributed by atoms with E-state index in [4.69, 9.17) is 0 Å². The average molecular weight is 476 g/mol. The number of hydrogen-bond donors (Lipinski definition) is 1. The first-order valence-corrected chi connectivity index (χ1v) is 11.9. The molecule has 2 aromatic rings. The van der Waals surface area contributed by atoms with Gasteiger partial charge in [0, 0.05) is 18.7 Å². The van der Waals surface area contributed by atoms with E-state index in [1.165, 1.54) is 49.4 Å². The van der Waals surface area contributed by atoms with Crippen molar-refractivity contribution in [2.45, 2.75) is 38.3 Å². The summed E-state index contributed by atoms with van der Waals surface area (Å²) in [5, 5.41) is 2.73. The van der Waals surface area contributed by atoms with Crippen molar-refractivity contribution in [1.29, 1.82) is 0 Å². The summed E-state index contributed by atoms with van der Waals surface area (Å²) >= 11 is 0. The topological polar surface area (TPSA) is 104 Å². The Bertz CT molecular complexity index is 1180. The Balaban J connectivity index is 1.88. The molecule has 0 aromatic heterocycles. The molecule has 0 fully saturated rings. The Morgan fingerprint density at radius 2 is 1.70 bits per heavy atom. The number of nitrogens with zero attached hydrogens (tertiary/aromatic N) is 2. The van der Waals surface area contributed by atoms with E-state index in [1.807, 2.05) is 13.8 Å². The molecule has 3 rings (SSSR count). The minimum atomic E-state index is -4.21. The first-order chi connectivity index (χ1) is 15.5. The molecule has 2 aromatic carbocycles. The number of fused-ring (bicyclic) bond motifs is 1. The van der Waals surface area contributed by atoms with Crippen molar-refractivity contribution in [3.8, 4) is 0 Å². The van der Waals surface area contributed by atoms with Crippen molar-refractivity contribution in [2.75, 3.05) is 13.1 Å². The predicted octanol–water partition coefficient (Wildman–Crippen LogP) is 2.16. The molecular formula is C23H26FN3O5S. The van der Waals surface area contributed by atoms with Gasteiger partial charge in [-0.05, 0) is 31.0 Å². The van der Waals surface area contributed by atoms with Gasteiger partial charge in [0.15, 0.2) is 0 Å². The molecule has 0 aliphatic carbocycles. The third-order valence-corrected chi connectivity index (χ3v) is 7.13. The molecule has 0 bridgehead atoms. The molecule has 0 radical (unpaired) electrons. The van der Waals surface area contributed by atoms with E-state index in [2.05, 4.69) is 5.32 Å². The Morgan fingerprint density at radius 1 is 1.06 bits per heavy atom.